The van der Waals surface area contributed by atoms with Crippen molar-refractivity contribution in [2.75, 3.05) is 13.1 Å². The first-order valence-corrected chi connectivity index (χ1v) is 8.30. The second kappa shape index (κ2) is 7.94. The minimum absolute atomic E-state index is 0. The average molecular weight is 345 g/mol. The molecule has 1 saturated heterocycles. The summed E-state index contributed by atoms with van der Waals surface area (Å²) in [7, 11) is 2.04. The molecule has 3 rings (SSSR count). The highest BCUT2D eigenvalue weighted by Gasteiger charge is 2.21. The summed E-state index contributed by atoms with van der Waals surface area (Å²) in [6.45, 7) is 4.11. The smallest absolute Gasteiger partial charge is 0.226 e. The highest BCUT2D eigenvalue weighted by atomic mass is 35.5. The molecular formula is C13H21ClN6OS. The Balaban J connectivity index is 0.00000176. The number of hydrogen-bond acceptors (Lipinski definition) is 7. The molecule has 0 aliphatic carbocycles. The van der Waals surface area contributed by atoms with Crippen LogP contribution in [0.25, 0.3) is 0 Å². The number of aryl methyl sites for hydroxylation is 1. The van der Waals surface area contributed by atoms with E-state index in [4.69, 9.17) is 4.52 Å². The summed E-state index contributed by atoms with van der Waals surface area (Å²) in [5.41, 5.74) is 0. The quantitative estimate of drug-likeness (QED) is 0.830. The third-order valence-electron chi connectivity index (χ3n) is 3.72. The molecule has 0 bridgehead atoms. The van der Waals surface area contributed by atoms with Crippen molar-refractivity contribution in [3.8, 4) is 0 Å². The molecule has 1 aliphatic heterocycles. The fourth-order valence-electron chi connectivity index (χ4n) is 2.51. The molecule has 2 aromatic rings. The zero-order chi connectivity index (χ0) is 14.7. The lowest BCUT2D eigenvalue weighted by Crippen LogP contribution is -2.27. The first-order chi connectivity index (χ1) is 10.3. The van der Waals surface area contributed by atoms with Crippen LogP contribution < -0.4 is 5.32 Å². The maximum Gasteiger partial charge on any atom is 0.226 e. The van der Waals surface area contributed by atoms with Gasteiger partial charge in [0, 0.05) is 19.4 Å². The lowest BCUT2D eigenvalue weighted by molar-refractivity contribution is 0.378. The molecule has 9 heteroatoms. The predicted molar refractivity (Wildman–Crippen MR) is 86.3 cm³/mol. The second-order valence-corrected chi connectivity index (χ2v) is 6.11. The molecule has 0 radical (unpaired) electrons. The number of nitrogens with zero attached hydrogens (tertiary/aromatic N) is 5. The van der Waals surface area contributed by atoms with Crippen LogP contribution in [0.5, 0.6) is 0 Å². The molecule has 1 aliphatic rings. The molecule has 3 heterocycles. The van der Waals surface area contributed by atoms with Crippen molar-refractivity contribution in [1.82, 2.24) is 30.2 Å². The normalized spacial score (nSPS) is 15.7. The van der Waals surface area contributed by atoms with Gasteiger partial charge in [-0.2, -0.15) is 4.98 Å². The van der Waals surface area contributed by atoms with E-state index < -0.39 is 0 Å². The number of piperidine rings is 1. The van der Waals surface area contributed by atoms with Crippen molar-refractivity contribution in [1.29, 1.82) is 0 Å². The molecule has 0 saturated carbocycles. The van der Waals surface area contributed by atoms with Crippen molar-refractivity contribution >= 4 is 24.2 Å². The van der Waals surface area contributed by atoms with E-state index in [-0.39, 0.29) is 12.4 Å². The van der Waals surface area contributed by atoms with Gasteiger partial charge in [-0.3, -0.25) is 0 Å². The molecule has 1 fully saturated rings. The van der Waals surface area contributed by atoms with E-state index in [2.05, 4.69) is 30.2 Å². The summed E-state index contributed by atoms with van der Waals surface area (Å²) < 4.78 is 7.21. The Kier molecular flexibility index (Phi) is 6.22. The SMILES string of the molecule is CCc1nc(CSc2nnc(C3CCNCC3)n2C)no1.Cl. The fourth-order valence-corrected chi connectivity index (χ4v) is 3.27. The largest absolute Gasteiger partial charge is 0.339 e. The van der Waals surface area contributed by atoms with Crippen LogP contribution in [-0.4, -0.2) is 38.0 Å². The van der Waals surface area contributed by atoms with Gasteiger partial charge in [0.1, 0.15) is 5.82 Å². The fraction of sp³-hybridized carbons (Fsp3) is 0.692. The Morgan fingerprint density at radius 1 is 1.32 bits per heavy atom. The Labute approximate surface area is 140 Å². The van der Waals surface area contributed by atoms with Crippen LogP contribution in [0.2, 0.25) is 0 Å². The van der Waals surface area contributed by atoms with Crippen LogP contribution >= 0.6 is 24.2 Å². The Morgan fingerprint density at radius 3 is 2.77 bits per heavy atom. The van der Waals surface area contributed by atoms with Crippen molar-refractivity contribution in [2.24, 2.45) is 7.05 Å². The van der Waals surface area contributed by atoms with Crippen molar-refractivity contribution < 1.29 is 4.52 Å². The summed E-state index contributed by atoms with van der Waals surface area (Å²) in [6, 6.07) is 0. The molecule has 0 atom stereocenters. The summed E-state index contributed by atoms with van der Waals surface area (Å²) in [5, 5.41) is 16.9. The minimum atomic E-state index is 0. The van der Waals surface area contributed by atoms with E-state index in [0.717, 1.165) is 43.3 Å². The van der Waals surface area contributed by atoms with Crippen LogP contribution in [0.1, 0.15) is 43.2 Å². The number of thioether (sulfide) groups is 1. The van der Waals surface area contributed by atoms with E-state index in [1.54, 1.807) is 11.8 Å². The maximum absolute atomic E-state index is 5.11. The first kappa shape index (κ1) is 17.2. The zero-order valence-electron chi connectivity index (χ0n) is 12.8. The lowest BCUT2D eigenvalue weighted by atomic mass is 9.97. The molecule has 7 nitrogen and oxygen atoms in total. The maximum atomic E-state index is 5.11. The number of halogens is 1. The molecule has 2 aromatic heterocycles. The molecule has 0 unspecified atom stereocenters. The van der Waals surface area contributed by atoms with Gasteiger partial charge in [-0.25, -0.2) is 0 Å². The van der Waals surface area contributed by atoms with Gasteiger partial charge >= 0.3 is 0 Å². The highest BCUT2D eigenvalue weighted by Crippen LogP contribution is 2.27. The summed E-state index contributed by atoms with van der Waals surface area (Å²) in [4.78, 5) is 4.31. The van der Waals surface area contributed by atoms with E-state index in [9.17, 15) is 0 Å². The van der Waals surface area contributed by atoms with Gasteiger partial charge in [0.25, 0.3) is 0 Å². The van der Waals surface area contributed by atoms with Gasteiger partial charge in [-0.15, -0.1) is 22.6 Å². The summed E-state index contributed by atoms with van der Waals surface area (Å²) in [6.07, 6.45) is 3.02. The molecular weight excluding hydrogens is 324 g/mol. The lowest BCUT2D eigenvalue weighted by Gasteiger charge is -2.21. The van der Waals surface area contributed by atoms with Gasteiger partial charge in [-0.1, -0.05) is 23.8 Å². The van der Waals surface area contributed by atoms with E-state index >= 15 is 0 Å². The standard InChI is InChI=1S/C13H20N6OS.ClH/c1-3-11-15-10(18-20-11)8-21-13-17-16-12(19(13)2)9-4-6-14-7-5-9;/h9,14H,3-8H2,1-2H3;1H. The van der Waals surface area contributed by atoms with Gasteiger partial charge in [-0.05, 0) is 25.9 Å². The van der Waals surface area contributed by atoms with Crippen LogP contribution in [-0.2, 0) is 19.2 Å². The Hall–Kier alpha value is -1.12. The molecule has 1 N–H and O–H groups in total. The van der Waals surface area contributed by atoms with Gasteiger partial charge in [0.2, 0.25) is 5.89 Å². The number of rotatable bonds is 5. The van der Waals surface area contributed by atoms with Gasteiger partial charge in [0.15, 0.2) is 11.0 Å². The topological polar surface area (TPSA) is 81.7 Å². The molecule has 0 aromatic carbocycles. The monoisotopic (exact) mass is 344 g/mol. The van der Waals surface area contributed by atoms with E-state index in [1.807, 2.05) is 14.0 Å². The molecule has 22 heavy (non-hydrogen) atoms. The molecule has 122 valence electrons. The number of nitrogens with one attached hydrogen (secondary N) is 1. The first-order valence-electron chi connectivity index (χ1n) is 7.32. The summed E-state index contributed by atoms with van der Waals surface area (Å²) in [5.74, 6) is 3.64. The van der Waals surface area contributed by atoms with Crippen molar-refractivity contribution in [3.63, 3.8) is 0 Å². The van der Waals surface area contributed by atoms with Gasteiger partial charge in [0.05, 0.1) is 5.75 Å². The van der Waals surface area contributed by atoms with Crippen LogP contribution in [0.15, 0.2) is 9.68 Å². The molecule has 0 amide bonds. The Morgan fingerprint density at radius 2 is 2.09 bits per heavy atom. The number of aromatic nitrogens is 5. The van der Waals surface area contributed by atoms with E-state index in [0.29, 0.717) is 23.4 Å². The minimum Gasteiger partial charge on any atom is -0.339 e. The van der Waals surface area contributed by atoms with Crippen LogP contribution in [0, 0.1) is 0 Å². The van der Waals surface area contributed by atoms with E-state index in [1.165, 1.54) is 0 Å². The van der Waals surface area contributed by atoms with Crippen LogP contribution in [0.3, 0.4) is 0 Å². The van der Waals surface area contributed by atoms with Crippen molar-refractivity contribution in [2.45, 2.75) is 43.0 Å². The average Bonchev–Trinajstić information content (AvgIpc) is 3.13. The Bertz CT molecular complexity index is 595. The highest BCUT2D eigenvalue weighted by molar-refractivity contribution is 7.98. The van der Waals surface area contributed by atoms with Crippen LogP contribution in [0.4, 0.5) is 0 Å². The third-order valence-corrected chi connectivity index (χ3v) is 4.73. The third kappa shape index (κ3) is 3.80. The molecule has 0 spiro atoms. The number of hydrogen-bond donors (Lipinski definition) is 1. The van der Waals surface area contributed by atoms with Crippen molar-refractivity contribution in [3.05, 3.63) is 17.5 Å². The predicted octanol–water partition coefficient (Wildman–Crippen LogP) is 1.94. The summed E-state index contributed by atoms with van der Waals surface area (Å²) >= 11 is 1.60. The van der Waals surface area contributed by atoms with Gasteiger partial charge < -0.3 is 14.4 Å². The second-order valence-electron chi connectivity index (χ2n) is 5.17. The zero-order valence-corrected chi connectivity index (χ0v) is 14.4.